The Morgan fingerprint density at radius 3 is 2.42 bits per heavy atom. The summed E-state index contributed by atoms with van der Waals surface area (Å²) in [6.07, 6.45) is 0. The van der Waals surface area contributed by atoms with Crippen LogP contribution in [-0.4, -0.2) is 4.98 Å². The third-order valence-electron chi connectivity index (χ3n) is 2.77. The van der Waals surface area contributed by atoms with Gasteiger partial charge in [-0.05, 0) is 12.1 Å². The third-order valence-corrected chi connectivity index (χ3v) is 3.94. The molecule has 19 heavy (non-hydrogen) atoms. The van der Waals surface area contributed by atoms with Crippen molar-refractivity contribution in [3.8, 4) is 21.8 Å². The highest BCUT2D eigenvalue weighted by molar-refractivity contribution is 7.19. The van der Waals surface area contributed by atoms with Gasteiger partial charge in [0.1, 0.15) is 15.7 Å². The quantitative estimate of drug-likeness (QED) is 0.741. The molecule has 4 heteroatoms. The van der Waals surface area contributed by atoms with Crippen LogP contribution in [0.5, 0.6) is 0 Å². The van der Waals surface area contributed by atoms with Gasteiger partial charge in [-0.1, -0.05) is 65.4 Å². The van der Waals surface area contributed by atoms with Crippen molar-refractivity contribution < 1.29 is 0 Å². The van der Waals surface area contributed by atoms with Gasteiger partial charge >= 0.3 is 0 Å². The summed E-state index contributed by atoms with van der Waals surface area (Å²) in [6, 6.07) is 17.6. The molecule has 0 bridgehead atoms. The maximum atomic E-state index is 6.07. The molecule has 0 unspecified atom stereocenters. The van der Waals surface area contributed by atoms with Gasteiger partial charge in [-0.25, -0.2) is 4.98 Å². The van der Waals surface area contributed by atoms with Crippen LogP contribution in [0.25, 0.3) is 21.8 Å². The van der Waals surface area contributed by atoms with Crippen LogP contribution in [0, 0.1) is 0 Å². The van der Waals surface area contributed by atoms with Crippen LogP contribution in [0.2, 0.25) is 5.02 Å². The Bertz CT molecular complexity index is 707. The first kappa shape index (κ1) is 12.2. The highest BCUT2D eigenvalue weighted by atomic mass is 35.5. The lowest BCUT2D eigenvalue weighted by Gasteiger charge is -1.97. The fraction of sp³-hybridized carbons (Fsp3) is 0. The second-order valence-corrected chi connectivity index (χ2v) is 5.58. The number of rotatable bonds is 2. The molecule has 3 rings (SSSR count). The molecule has 1 aromatic heterocycles. The smallest absolute Gasteiger partial charge is 0.126 e. The molecule has 94 valence electrons. The van der Waals surface area contributed by atoms with Gasteiger partial charge in [0.05, 0.1) is 0 Å². The van der Waals surface area contributed by atoms with Crippen molar-refractivity contribution in [2.45, 2.75) is 0 Å². The molecular formula is C15H11ClN2S. The van der Waals surface area contributed by atoms with E-state index in [9.17, 15) is 0 Å². The molecule has 3 aromatic rings. The number of thiazole rings is 1. The average molecular weight is 287 g/mol. The largest absolute Gasteiger partial charge is 0.389 e. The second-order valence-electron chi connectivity index (χ2n) is 4.11. The lowest BCUT2D eigenvalue weighted by atomic mass is 10.1. The SMILES string of the molecule is Nc1sc(-c2cccc(Cl)c2)nc1-c1ccccc1. The lowest BCUT2D eigenvalue weighted by Crippen LogP contribution is -1.85. The van der Waals surface area contributed by atoms with Gasteiger partial charge in [0.2, 0.25) is 0 Å². The Labute approximate surface area is 120 Å². The summed E-state index contributed by atoms with van der Waals surface area (Å²) in [4.78, 5) is 4.63. The molecule has 0 spiro atoms. The number of nitrogen functional groups attached to an aromatic ring is 1. The molecule has 0 amide bonds. The van der Waals surface area contributed by atoms with E-state index < -0.39 is 0 Å². The molecule has 0 aliphatic heterocycles. The lowest BCUT2D eigenvalue weighted by molar-refractivity contribution is 1.40. The molecule has 0 saturated heterocycles. The zero-order chi connectivity index (χ0) is 13.2. The van der Waals surface area contributed by atoms with Crippen LogP contribution in [0.15, 0.2) is 54.6 Å². The van der Waals surface area contributed by atoms with E-state index in [0.717, 1.165) is 26.8 Å². The van der Waals surface area contributed by atoms with Crippen molar-refractivity contribution in [1.82, 2.24) is 4.98 Å². The standard InChI is InChI=1S/C15H11ClN2S/c16-12-8-4-7-11(9-12)15-18-13(14(17)19-15)10-5-2-1-3-6-10/h1-9H,17H2. The molecular weight excluding hydrogens is 276 g/mol. The number of anilines is 1. The highest BCUT2D eigenvalue weighted by Gasteiger charge is 2.11. The van der Waals surface area contributed by atoms with Crippen molar-refractivity contribution >= 4 is 27.9 Å². The van der Waals surface area contributed by atoms with Gasteiger partial charge in [0.15, 0.2) is 0 Å². The first-order valence-corrected chi connectivity index (χ1v) is 7.01. The summed E-state index contributed by atoms with van der Waals surface area (Å²) in [5.74, 6) is 0. The van der Waals surface area contributed by atoms with Crippen LogP contribution in [0.3, 0.4) is 0 Å². The van der Waals surface area contributed by atoms with Crippen molar-refractivity contribution in [2.75, 3.05) is 5.73 Å². The number of nitrogens with two attached hydrogens (primary N) is 1. The van der Waals surface area contributed by atoms with Gasteiger partial charge in [0.25, 0.3) is 0 Å². The first-order chi connectivity index (χ1) is 9.24. The van der Waals surface area contributed by atoms with E-state index in [1.54, 1.807) is 0 Å². The van der Waals surface area contributed by atoms with E-state index in [1.807, 2.05) is 54.6 Å². The van der Waals surface area contributed by atoms with Crippen LogP contribution in [0.4, 0.5) is 5.00 Å². The monoisotopic (exact) mass is 286 g/mol. The molecule has 2 nitrogen and oxygen atoms in total. The number of halogens is 1. The summed E-state index contributed by atoms with van der Waals surface area (Å²) in [5, 5.41) is 2.31. The Balaban J connectivity index is 2.07. The molecule has 0 aliphatic carbocycles. The summed E-state index contributed by atoms with van der Waals surface area (Å²) < 4.78 is 0. The Hall–Kier alpha value is -1.84. The molecule has 0 saturated carbocycles. The summed E-state index contributed by atoms with van der Waals surface area (Å²) >= 11 is 7.48. The average Bonchev–Trinajstić information content (AvgIpc) is 2.82. The van der Waals surface area contributed by atoms with E-state index in [2.05, 4.69) is 4.98 Å². The maximum absolute atomic E-state index is 6.07. The molecule has 0 atom stereocenters. The molecule has 0 radical (unpaired) electrons. The van der Waals surface area contributed by atoms with Crippen molar-refractivity contribution in [3.63, 3.8) is 0 Å². The van der Waals surface area contributed by atoms with E-state index in [4.69, 9.17) is 17.3 Å². The fourth-order valence-corrected chi connectivity index (χ4v) is 2.92. The van der Waals surface area contributed by atoms with Gasteiger partial charge in [-0.15, -0.1) is 0 Å². The maximum Gasteiger partial charge on any atom is 0.126 e. The highest BCUT2D eigenvalue weighted by Crippen LogP contribution is 2.36. The third kappa shape index (κ3) is 2.48. The normalized spacial score (nSPS) is 10.6. The second kappa shape index (κ2) is 5.03. The number of hydrogen-bond donors (Lipinski definition) is 1. The number of nitrogens with zero attached hydrogens (tertiary/aromatic N) is 1. The zero-order valence-electron chi connectivity index (χ0n) is 10.0. The molecule has 0 aliphatic rings. The van der Waals surface area contributed by atoms with Crippen LogP contribution < -0.4 is 5.73 Å². The predicted molar refractivity (Wildman–Crippen MR) is 82.4 cm³/mol. The Morgan fingerprint density at radius 2 is 1.68 bits per heavy atom. The number of aromatic nitrogens is 1. The predicted octanol–water partition coefficient (Wildman–Crippen LogP) is 4.71. The van der Waals surface area contributed by atoms with E-state index >= 15 is 0 Å². The fourth-order valence-electron chi connectivity index (χ4n) is 1.88. The topological polar surface area (TPSA) is 38.9 Å². The molecule has 0 fully saturated rings. The molecule has 2 N–H and O–H groups in total. The van der Waals surface area contributed by atoms with Gasteiger partial charge < -0.3 is 5.73 Å². The summed E-state index contributed by atoms with van der Waals surface area (Å²) in [7, 11) is 0. The van der Waals surface area contributed by atoms with Gasteiger partial charge in [-0.2, -0.15) is 0 Å². The van der Waals surface area contributed by atoms with E-state index in [0.29, 0.717) is 5.02 Å². The van der Waals surface area contributed by atoms with Crippen molar-refractivity contribution in [3.05, 3.63) is 59.6 Å². The number of benzene rings is 2. The minimum Gasteiger partial charge on any atom is -0.389 e. The molecule has 2 aromatic carbocycles. The van der Waals surface area contributed by atoms with Gasteiger partial charge in [-0.3, -0.25) is 0 Å². The van der Waals surface area contributed by atoms with Crippen LogP contribution in [-0.2, 0) is 0 Å². The van der Waals surface area contributed by atoms with Gasteiger partial charge in [0, 0.05) is 16.1 Å². The molecule has 1 heterocycles. The van der Waals surface area contributed by atoms with Crippen LogP contribution >= 0.6 is 22.9 Å². The minimum absolute atomic E-state index is 0.701. The number of hydrogen-bond acceptors (Lipinski definition) is 3. The summed E-state index contributed by atoms with van der Waals surface area (Å²) in [6.45, 7) is 0. The van der Waals surface area contributed by atoms with Crippen molar-refractivity contribution in [2.24, 2.45) is 0 Å². The summed E-state index contributed by atoms with van der Waals surface area (Å²) in [5.41, 5.74) is 8.93. The first-order valence-electron chi connectivity index (χ1n) is 5.82. The zero-order valence-corrected chi connectivity index (χ0v) is 11.6. The van der Waals surface area contributed by atoms with Crippen LogP contribution in [0.1, 0.15) is 0 Å². The minimum atomic E-state index is 0.701. The van der Waals surface area contributed by atoms with E-state index in [-0.39, 0.29) is 0 Å². The Kier molecular flexibility index (Phi) is 3.23. The van der Waals surface area contributed by atoms with Crippen molar-refractivity contribution in [1.29, 1.82) is 0 Å². The van der Waals surface area contributed by atoms with E-state index in [1.165, 1.54) is 11.3 Å². The Morgan fingerprint density at radius 1 is 0.947 bits per heavy atom.